The Bertz CT molecular complexity index is 1000. The second kappa shape index (κ2) is 10.2. The molecule has 2 N–H and O–H groups in total. The van der Waals surface area contributed by atoms with E-state index in [2.05, 4.69) is 22.2 Å². The summed E-state index contributed by atoms with van der Waals surface area (Å²) in [5, 5.41) is 12.8. The van der Waals surface area contributed by atoms with Crippen molar-refractivity contribution in [3.63, 3.8) is 0 Å². The first kappa shape index (κ1) is 22.3. The molecule has 2 heterocycles. The molecule has 1 aliphatic carbocycles. The number of nitrogens with one attached hydrogen (secondary N) is 1. The molecule has 1 saturated carbocycles. The van der Waals surface area contributed by atoms with Crippen molar-refractivity contribution in [2.24, 2.45) is 10.9 Å². The quantitative estimate of drug-likeness (QED) is 0.668. The lowest BCUT2D eigenvalue weighted by molar-refractivity contribution is -0.118. The van der Waals surface area contributed by atoms with Gasteiger partial charge >= 0.3 is 0 Å². The molecule has 1 aromatic carbocycles. The maximum absolute atomic E-state index is 12.7. The fourth-order valence-corrected chi connectivity index (χ4v) is 4.71. The Hall–Kier alpha value is -2.86. The highest BCUT2D eigenvalue weighted by Gasteiger charge is 2.25. The van der Waals surface area contributed by atoms with Crippen molar-refractivity contribution in [3.05, 3.63) is 65.0 Å². The number of benzene rings is 1. The molecule has 3 atom stereocenters. The molecule has 0 saturated heterocycles. The Balaban J connectivity index is 1.31. The number of aliphatic hydroxyl groups excluding tert-OH is 1. The van der Waals surface area contributed by atoms with E-state index in [1.54, 1.807) is 6.20 Å². The minimum absolute atomic E-state index is 0.153. The molecule has 1 aliphatic heterocycles. The van der Waals surface area contributed by atoms with Crippen LogP contribution in [0.25, 0.3) is 0 Å². The highest BCUT2D eigenvalue weighted by Crippen LogP contribution is 2.24. The van der Waals surface area contributed by atoms with E-state index in [1.165, 1.54) is 0 Å². The lowest BCUT2D eigenvalue weighted by Gasteiger charge is -2.25. The monoisotopic (exact) mass is 433 g/mol. The number of carbonyl (C=O) groups is 2. The van der Waals surface area contributed by atoms with Gasteiger partial charge in [-0.3, -0.25) is 19.6 Å². The summed E-state index contributed by atoms with van der Waals surface area (Å²) in [5.74, 6) is 0.447. The second-order valence-corrected chi connectivity index (χ2v) is 9.13. The van der Waals surface area contributed by atoms with Crippen molar-refractivity contribution >= 4 is 17.4 Å². The van der Waals surface area contributed by atoms with Gasteiger partial charge in [-0.1, -0.05) is 43.7 Å². The van der Waals surface area contributed by atoms with E-state index in [1.807, 2.05) is 36.4 Å². The molecule has 4 rings (SSSR count). The maximum atomic E-state index is 12.7. The van der Waals surface area contributed by atoms with E-state index in [-0.39, 0.29) is 30.1 Å². The molecule has 0 bridgehead atoms. The zero-order chi connectivity index (χ0) is 22.5. The van der Waals surface area contributed by atoms with Crippen molar-refractivity contribution in [3.8, 4) is 0 Å². The molecule has 6 nitrogen and oxygen atoms in total. The van der Waals surface area contributed by atoms with Gasteiger partial charge < -0.3 is 10.4 Å². The van der Waals surface area contributed by atoms with Crippen LogP contribution in [0, 0.1) is 5.92 Å². The van der Waals surface area contributed by atoms with E-state index in [0.29, 0.717) is 31.1 Å². The molecule has 1 amide bonds. The van der Waals surface area contributed by atoms with Gasteiger partial charge in [-0.2, -0.15) is 0 Å². The van der Waals surface area contributed by atoms with Crippen LogP contribution in [0.2, 0.25) is 0 Å². The number of amides is 1. The molecule has 1 aromatic heterocycles. The summed E-state index contributed by atoms with van der Waals surface area (Å²) in [4.78, 5) is 34.1. The molecular weight excluding hydrogens is 402 g/mol. The number of rotatable bonds is 8. The summed E-state index contributed by atoms with van der Waals surface area (Å²) in [6.07, 6.45) is 5.81. The minimum atomic E-state index is -0.254. The smallest absolute Gasteiger partial charge is 0.270 e. The predicted octanol–water partition coefficient (Wildman–Crippen LogP) is 3.36. The summed E-state index contributed by atoms with van der Waals surface area (Å²) in [6.45, 7) is 3.06. The SMILES string of the molecule is C[C@@H](CC(=O)Cc1cc2c(cn1)C(C(=O)NCC1CCCC(O)C1)=NC2)c1ccccc1. The Morgan fingerprint density at radius 1 is 1.22 bits per heavy atom. The van der Waals surface area contributed by atoms with E-state index >= 15 is 0 Å². The fraction of sp³-hybridized carbons (Fsp3) is 0.462. The number of aliphatic hydroxyl groups is 1. The lowest BCUT2D eigenvalue weighted by Crippen LogP contribution is -2.36. The molecule has 2 aromatic rings. The third kappa shape index (κ3) is 5.49. The number of fused-ring (bicyclic) bond motifs is 1. The van der Waals surface area contributed by atoms with Gasteiger partial charge in [-0.25, -0.2) is 0 Å². The number of nitrogens with zero attached hydrogens (tertiary/aromatic N) is 2. The Morgan fingerprint density at radius 2 is 2.03 bits per heavy atom. The lowest BCUT2D eigenvalue weighted by atomic mass is 9.87. The summed E-state index contributed by atoms with van der Waals surface area (Å²) < 4.78 is 0. The normalized spacial score (nSPS) is 20.9. The van der Waals surface area contributed by atoms with Gasteiger partial charge in [-0.15, -0.1) is 0 Å². The number of hydrogen-bond donors (Lipinski definition) is 2. The number of ketones is 1. The first-order chi connectivity index (χ1) is 15.5. The number of aliphatic imine (C=N–C) groups is 1. The molecule has 6 heteroatoms. The molecule has 0 spiro atoms. The van der Waals surface area contributed by atoms with Gasteiger partial charge in [0.1, 0.15) is 11.5 Å². The average Bonchev–Trinajstić information content (AvgIpc) is 3.21. The molecule has 2 aliphatic rings. The van der Waals surface area contributed by atoms with Gasteiger partial charge in [0.25, 0.3) is 5.91 Å². The Kier molecular flexibility index (Phi) is 7.10. The van der Waals surface area contributed by atoms with Crippen molar-refractivity contribution < 1.29 is 14.7 Å². The number of carbonyl (C=O) groups excluding carboxylic acids is 2. The van der Waals surface area contributed by atoms with Gasteiger partial charge in [0.05, 0.1) is 12.6 Å². The van der Waals surface area contributed by atoms with Crippen LogP contribution in [-0.4, -0.2) is 40.1 Å². The molecule has 0 radical (unpaired) electrons. The van der Waals surface area contributed by atoms with Crippen molar-refractivity contribution in [1.29, 1.82) is 0 Å². The highest BCUT2D eigenvalue weighted by atomic mass is 16.3. The first-order valence-electron chi connectivity index (χ1n) is 11.5. The van der Waals surface area contributed by atoms with Gasteiger partial charge in [0.15, 0.2) is 0 Å². The molecular formula is C26H31N3O3. The molecule has 32 heavy (non-hydrogen) atoms. The minimum Gasteiger partial charge on any atom is -0.393 e. The maximum Gasteiger partial charge on any atom is 0.270 e. The Labute approximate surface area is 189 Å². The fourth-order valence-electron chi connectivity index (χ4n) is 4.71. The third-order valence-electron chi connectivity index (χ3n) is 6.51. The van der Waals surface area contributed by atoms with Gasteiger partial charge in [0, 0.05) is 36.8 Å². The zero-order valence-electron chi connectivity index (χ0n) is 18.6. The van der Waals surface area contributed by atoms with Crippen LogP contribution in [0.3, 0.4) is 0 Å². The topological polar surface area (TPSA) is 91.7 Å². The van der Waals surface area contributed by atoms with E-state index in [4.69, 9.17) is 0 Å². The first-order valence-corrected chi connectivity index (χ1v) is 11.5. The van der Waals surface area contributed by atoms with E-state index in [9.17, 15) is 14.7 Å². The number of aromatic nitrogens is 1. The summed E-state index contributed by atoms with van der Waals surface area (Å²) in [5.41, 5.74) is 3.99. The average molecular weight is 434 g/mol. The van der Waals surface area contributed by atoms with Crippen LogP contribution in [-0.2, 0) is 22.6 Å². The number of pyridine rings is 1. The number of Topliss-reactive ketones (excluding diaryl/α,β-unsaturated/α-hetero) is 1. The highest BCUT2D eigenvalue weighted by molar-refractivity contribution is 6.46. The zero-order valence-corrected chi connectivity index (χ0v) is 18.6. The summed E-state index contributed by atoms with van der Waals surface area (Å²) >= 11 is 0. The van der Waals surface area contributed by atoms with Crippen LogP contribution >= 0.6 is 0 Å². The number of hydrogen-bond acceptors (Lipinski definition) is 5. The van der Waals surface area contributed by atoms with Gasteiger partial charge in [0.2, 0.25) is 0 Å². The standard InChI is InChI=1S/C26H31N3O3/c1-17(19-7-3-2-4-8-19)10-23(31)13-21-12-20-15-28-25(24(20)16-27-21)26(32)29-14-18-6-5-9-22(30)11-18/h2-4,7-8,12,16-18,22,30H,5-6,9-11,13-15H2,1H3,(H,29,32)/t17-,18?,22?/m0/s1. The molecule has 168 valence electrons. The van der Waals surface area contributed by atoms with Crippen LogP contribution in [0.5, 0.6) is 0 Å². The van der Waals surface area contributed by atoms with Gasteiger partial charge in [-0.05, 0) is 48.3 Å². The van der Waals surface area contributed by atoms with Crippen LogP contribution in [0.1, 0.15) is 67.3 Å². The van der Waals surface area contributed by atoms with Crippen LogP contribution in [0.15, 0.2) is 47.6 Å². The van der Waals surface area contributed by atoms with Crippen molar-refractivity contribution in [1.82, 2.24) is 10.3 Å². The van der Waals surface area contributed by atoms with Crippen LogP contribution in [0.4, 0.5) is 0 Å². The second-order valence-electron chi connectivity index (χ2n) is 9.13. The summed E-state index contributed by atoms with van der Waals surface area (Å²) in [6, 6.07) is 12.0. The van der Waals surface area contributed by atoms with Crippen molar-refractivity contribution in [2.75, 3.05) is 6.54 Å². The van der Waals surface area contributed by atoms with Crippen LogP contribution < -0.4 is 5.32 Å². The van der Waals surface area contributed by atoms with Crippen molar-refractivity contribution in [2.45, 2.75) is 64.0 Å². The Morgan fingerprint density at radius 3 is 2.81 bits per heavy atom. The largest absolute Gasteiger partial charge is 0.393 e. The molecule has 1 fully saturated rings. The third-order valence-corrected chi connectivity index (χ3v) is 6.51. The van der Waals surface area contributed by atoms with E-state index in [0.717, 1.165) is 48.1 Å². The van der Waals surface area contributed by atoms with E-state index < -0.39 is 0 Å². The molecule has 2 unspecified atom stereocenters. The summed E-state index contributed by atoms with van der Waals surface area (Å²) in [7, 11) is 0. The predicted molar refractivity (Wildman–Crippen MR) is 124 cm³/mol.